The molecule has 0 spiro atoms. The van der Waals surface area contributed by atoms with Gasteiger partial charge in [-0.25, -0.2) is 9.59 Å². The number of hydrogen-bond donors (Lipinski definition) is 1. The normalized spacial score (nSPS) is 17.0. The SMILES string of the molecule is CC(C)OC(=O)N1c2ccc(C(F)(F)F)cc2CC[C@@H]1C1CC1.COC(=O)NCc1cc(C(F)(F)F)cc(C(F)(F)F)c1. The van der Waals surface area contributed by atoms with E-state index in [-0.39, 0.29) is 23.8 Å². The van der Waals surface area contributed by atoms with E-state index in [0.717, 1.165) is 32.1 Å². The number of fused-ring (bicyclic) bond motifs is 1. The second-order valence-electron chi connectivity index (χ2n) is 10.3. The van der Waals surface area contributed by atoms with Gasteiger partial charge in [-0.15, -0.1) is 0 Å². The number of amides is 2. The van der Waals surface area contributed by atoms with Gasteiger partial charge in [0.05, 0.1) is 35.6 Å². The minimum absolute atomic E-state index is 0.0155. The molecule has 0 bridgehead atoms. The molecule has 2 amide bonds. The van der Waals surface area contributed by atoms with Crippen LogP contribution in [0.1, 0.15) is 60.9 Å². The van der Waals surface area contributed by atoms with Crippen LogP contribution in [0.3, 0.4) is 0 Å². The molecule has 15 heteroatoms. The Kier molecular flexibility index (Phi) is 10.2. The minimum Gasteiger partial charge on any atom is -0.453 e. The van der Waals surface area contributed by atoms with Crippen molar-refractivity contribution in [3.8, 4) is 0 Å². The lowest BCUT2D eigenvalue weighted by atomic mass is 9.92. The number of alkyl carbamates (subject to hydrolysis) is 1. The number of nitrogens with one attached hydrogen (secondary N) is 1. The first kappa shape index (κ1) is 33.8. The second-order valence-corrected chi connectivity index (χ2v) is 10.3. The lowest BCUT2D eigenvalue weighted by Crippen LogP contribution is -2.46. The van der Waals surface area contributed by atoms with E-state index in [1.165, 1.54) is 6.07 Å². The van der Waals surface area contributed by atoms with Gasteiger partial charge >= 0.3 is 30.7 Å². The van der Waals surface area contributed by atoms with Crippen LogP contribution in [-0.4, -0.2) is 31.4 Å². The Morgan fingerprint density at radius 3 is 1.88 bits per heavy atom. The lowest BCUT2D eigenvalue weighted by molar-refractivity contribution is -0.143. The molecule has 2 aromatic carbocycles. The van der Waals surface area contributed by atoms with Crippen LogP contribution in [0.2, 0.25) is 0 Å². The molecule has 1 N–H and O–H groups in total. The van der Waals surface area contributed by atoms with Gasteiger partial charge < -0.3 is 14.8 Å². The number of carbonyl (C=O) groups excluding carboxylic acids is 2. The number of halogens is 9. The van der Waals surface area contributed by atoms with Crippen molar-refractivity contribution in [2.75, 3.05) is 12.0 Å². The standard InChI is InChI=1S/C17H20F3NO2.C11H9F6NO2/c1-10(2)23-16(22)21-14(11-3-4-11)7-5-12-9-13(17(18,19)20)6-8-15(12)21;1-20-9(19)18-5-6-2-7(10(12,13)14)4-8(3-6)11(15,16)17/h6,8-11,14H,3-5,7H2,1-2H3;2-4H,5H2,1H3,(H,18,19)/t14-;/m1./s1. The first-order valence-electron chi connectivity index (χ1n) is 13.1. The van der Waals surface area contributed by atoms with Crippen LogP contribution in [0.5, 0.6) is 0 Å². The molecule has 2 aromatic rings. The van der Waals surface area contributed by atoms with Gasteiger partial charge in [0.25, 0.3) is 0 Å². The molecule has 238 valence electrons. The summed E-state index contributed by atoms with van der Waals surface area (Å²) in [5, 5.41) is 2.01. The molecular weight excluding hydrogens is 599 g/mol. The number of anilines is 1. The number of hydrogen-bond acceptors (Lipinski definition) is 4. The van der Waals surface area contributed by atoms with Crippen molar-refractivity contribution in [3.05, 3.63) is 64.2 Å². The van der Waals surface area contributed by atoms with Crippen LogP contribution in [0.25, 0.3) is 0 Å². The monoisotopic (exact) mass is 628 g/mol. The highest BCUT2D eigenvalue weighted by Gasteiger charge is 2.43. The summed E-state index contributed by atoms with van der Waals surface area (Å²) in [6.07, 6.45) is -12.5. The van der Waals surface area contributed by atoms with Crippen LogP contribution in [0, 0.1) is 5.92 Å². The molecule has 2 aliphatic rings. The molecule has 1 atom stereocenters. The van der Waals surface area contributed by atoms with Crippen molar-refractivity contribution in [2.24, 2.45) is 5.92 Å². The van der Waals surface area contributed by atoms with Gasteiger partial charge in [-0.2, -0.15) is 39.5 Å². The minimum atomic E-state index is -4.92. The van der Waals surface area contributed by atoms with Gasteiger partial charge in [0, 0.05) is 12.6 Å². The number of nitrogens with zero attached hydrogens (tertiary/aromatic N) is 1. The molecule has 0 radical (unpaired) electrons. The van der Waals surface area contributed by atoms with Gasteiger partial charge in [0.2, 0.25) is 0 Å². The molecule has 0 unspecified atom stereocenters. The van der Waals surface area contributed by atoms with Crippen molar-refractivity contribution in [2.45, 2.75) is 76.8 Å². The fourth-order valence-electron chi connectivity index (χ4n) is 4.60. The van der Waals surface area contributed by atoms with Crippen LogP contribution in [0.4, 0.5) is 54.8 Å². The lowest BCUT2D eigenvalue weighted by Gasteiger charge is -2.37. The Hall–Kier alpha value is -3.65. The van der Waals surface area contributed by atoms with Gasteiger partial charge in [0.1, 0.15) is 0 Å². The largest absolute Gasteiger partial charge is 0.453 e. The van der Waals surface area contributed by atoms with Crippen LogP contribution >= 0.6 is 0 Å². The van der Waals surface area contributed by atoms with Crippen LogP contribution < -0.4 is 10.2 Å². The molecule has 1 saturated carbocycles. The molecule has 4 rings (SSSR count). The van der Waals surface area contributed by atoms with E-state index < -0.39 is 54.0 Å². The van der Waals surface area contributed by atoms with E-state index >= 15 is 0 Å². The maximum absolute atomic E-state index is 12.9. The number of methoxy groups -OCH3 is 1. The third-order valence-corrected chi connectivity index (χ3v) is 6.68. The third-order valence-electron chi connectivity index (χ3n) is 6.68. The van der Waals surface area contributed by atoms with E-state index in [0.29, 0.717) is 42.1 Å². The second kappa shape index (κ2) is 12.9. The Morgan fingerprint density at radius 2 is 1.42 bits per heavy atom. The Bertz CT molecular complexity index is 1270. The molecule has 1 aliphatic carbocycles. The van der Waals surface area contributed by atoms with E-state index in [1.54, 1.807) is 18.7 Å². The zero-order chi connectivity index (χ0) is 32.3. The van der Waals surface area contributed by atoms with E-state index in [2.05, 4.69) is 4.74 Å². The topological polar surface area (TPSA) is 67.9 Å². The summed E-state index contributed by atoms with van der Waals surface area (Å²) in [6.45, 7) is 3.02. The maximum atomic E-state index is 12.9. The summed E-state index contributed by atoms with van der Waals surface area (Å²) in [6, 6.07) is 4.73. The van der Waals surface area contributed by atoms with Gasteiger partial charge in [-0.05, 0) is 93.0 Å². The summed E-state index contributed by atoms with van der Waals surface area (Å²) in [5.41, 5.74) is -2.75. The van der Waals surface area contributed by atoms with Gasteiger partial charge in [-0.1, -0.05) is 0 Å². The summed E-state index contributed by atoms with van der Waals surface area (Å²) in [5.74, 6) is 0.435. The summed E-state index contributed by atoms with van der Waals surface area (Å²) < 4.78 is 123. The molecular formula is C28H29F9N2O4. The molecule has 43 heavy (non-hydrogen) atoms. The fourth-order valence-corrected chi connectivity index (χ4v) is 4.60. The summed E-state index contributed by atoms with van der Waals surface area (Å²) in [7, 11) is 1.02. The first-order valence-corrected chi connectivity index (χ1v) is 13.1. The molecule has 1 aliphatic heterocycles. The molecule has 0 aromatic heterocycles. The zero-order valence-electron chi connectivity index (χ0n) is 23.2. The summed E-state index contributed by atoms with van der Waals surface area (Å²) >= 11 is 0. The Balaban J connectivity index is 0.000000238. The number of ether oxygens (including phenoxy) is 2. The highest BCUT2D eigenvalue weighted by molar-refractivity contribution is 5.90. The third kappa shape index (κ3) is 9.17. The first-order chi connectivity index (χ1) is 19.8. The van der Waals surface area contributed by atoms with E-state index in [1.807, 2.05) is 5.32 Å². The average Bonchev–Trinajstić information content (AvgIpc) is 3.74. The van der Waals surface area contributed by atoms with Gasteiger partial charge in [0.15, 0.2) is 0 Å². The number of rotatable bonds is 4. The predicted molar refractivity (Wildman–Crippen MR) is 136 cm³/mol. The number of benzene rings is 2. The van der Waals surface area contributed by atoms with Crippen molar-refractivity contribution < 1.29 is 58.6 Å². The molecule has 6 nitrogen and oxygen atoms in total. The molecule has 1 fully saturated rings. The quantitative estimate of drug-likeness (QED) is 0.346. The van der Waals surface area contributed by atoms with Crippen molar-refractivity contribution in [1.82, 2.24) is 5.32 Å². The molecule has 0 saturated heterocycles. The van der Waals surface area contributed by atoms with Crippen LogP contribution in [-0.2, 0) is 41.0 Å². The number of carbonyl (C=O) groups is 2. The Morgan fingerprint density at radius 1 is 0.860 bits per heavy atom. The molecule has 1 heterocycles. The average molecular weight is 629 g/mol. The highest BCUT2D eigenvalue weighted by Crippen LogP contribution is 2.44. The van der Waals surface area contributed by atoms with E-state index in [4.69, 9.17) is 4.74 Å². The van der Waals surface area contributed by atoms with E-state index in [9.17, 15) is 49.1 Å². The van der Waals surface area contributed by atoms with Crippen molar-refractivity contribution >= 4 is 17.9 Å². The van der Waals surface area contributed by atoms with Gasteiger partial charge in [-0.3, -0.25) is 4.90 Å². The summed E-state index contributed by atoms with van der Waals surface area (Å²) in [4.78, 5) is 24.8. The Labute approximate surface area is 241 Å². The van der Waals surface area contributed by atoms with Crippen molar-refractivity contribution in [1.29, 1.82) is 0 Å². The number of alkyl halides is 9. The zero-order valence-corrected chi connectivity index (χ0v) is 23.2. The highest BCUT2D eigenvalue weighted by atomic mass is 19.4. The van der Waals surface area contributed by atoms with Crippen molar-refractivity contribution in [3.63, 3.8) is 0 Å². The number of aryl methyl sites for hydroxylation is 1. The maximum Gasteiger partial charge on any atom is 0.416 e. The van der Waals surface area contributed by atoms with Crippen LogP contribution in [0.15, 0.2) is 36.4 Å². The fraction of sp³-hybridized carbons (Fsp3) is 0.500. The predicted octanol–water partition coefficient (Wildman–Crippen LogP) is 8.36. The smallest absolute Gasteiger partial charge is 0.416 e.